The Bertz CT molecular complexity index is 913. The quantitative estimate of drug-likeness (QED) is 0.318. The van der Waals surface area contributed by atoms with E-state index < -0.39 is 65.1 Å². The number of hydrogen-bond donors (Lipinski definition) is 0. The summed E-state index contributed by atoms with van der Waals surface area (Å²) in [6.45, 7) is 0. The van der Waals surface area contributed by atoms with Crippen LogP contribution in [0.5, 0.6) is 11.5 Å². The minimum atomic E-state index is -1.45. The molecule has 0 heterocycles. The van der Waals surface area contributed by atoms with Gasteiger partial charge in [0.25, 0.3) is 22.7 Å². The molecule has 27 heavy (non-hydrogen) atoms. The summed E-state index contributed by atoms with van der Waals surface area (Å²) in [5.41, 5.74) is -6.27. The molecule has 0 aliphatic heterocycles. The fourth-order valence-electron chi connectivity index (χ4n) is 2.08. The van der Waals surface area contributed by atoms with Crippen LogP contribution in [0.1, 0.15) is 0 Å². The number of nitro benzene ring substituents is 4. The third-order valence-electron chi connectivity index (χ3n) is 3.21. The van der Waals surface area contributed by atoms with Crippen LogP contribution in [0.4, 0.5) is 22.7 Å². The summed E-state index contributed by atoms with van der Waals surface area (Å²) >= 11 is 0. The van der Waals surface area contributed by atoms with Gasteiger partial charge in [-0.3, -0.25) is 40.5 Å². The number of benzene rings is 2. The van der Waals surface area contributed by atoms with Crippen molar-refractivity contribution in [3.05, 3.63) is 64.7 Å². The van der Waals surface area contributed by atoms with E-state index in [9.17, 15) is 50.7 Å². The molecule has 0 spiro atoms. The van der Waals surface area contributed by atoms with Crippen molar-refractivity contribution in [2.75, 3.05) is 0 Å². The van der Waals surface area contributed by atoms with Crippen molar-refractivity contribution in [1.82, 2.24) is 0 Å². The molecule has 0 amide bonds. The van der Waals surface area contributed by atoms with Gasteiger partial charge in [-0.05, 0) is 22.6 Å². The summed E-state index contributed by atoms with van der Waals surface area (Å²) in [6, 6.07) is 1.67. The predicted molar refractivity (Wildman–Crippen MR) is 83.1 cm³/mol. The molecule has 2 aromatic rings. The number of rotatable bonds is 5. The maximum Gasteiger partial charge on any atom is 2.00 e. The first kappa shape index (κ1) is 22.3. The van der Waals surface area contributed by atoms with Gasteiger partial charge in [0, 0.05) is 12.1 Å². The van der Waals surface area contributed by atoms with Crippen molar-refractivity contribution >= 4 is 71.6 Å². The average Bonchev–Trinajstić information content (AvgIpc) is 2.54. The molecule has 0 fully saturated rings. The molecule has 0 bridgehead atoms. The summed E-state index contributed by atoms with van der Waals surface area (Å²) < 4.78 is 0. The van der Waals surface area contributed by atoms with Crippen LogP contribution in [0, 0.1) is 40.5 Å². The maximum absolute atomic E-state index is 12.2. The van der Waals surface area contributed by atoms with Crippen molar-refractivity contribution in [2.45, 2.75) is 0 Å². The van der Waals surface area contributed by atoms with Gasteiger partial charge in [0.15, 0.2) is 0 Å². The van der Waals surface area contributed by atoms with Crippen molar-refractivity contribution < 1.29 is 29.9 Å². The van der Waals surface area contributed by atoms with E-state index >= 15 is 0 Å². The van der Waals surface area contributed by atoms with Gasteiger partial charge in [0.2, 0.25) is 0 Å². The van der Waals surface area contributed by atoms with E-state index in [0.717, 1.165) is 0 Å². The smallest absolute Gasteiger partial charge is 0.867 e. The van der Waals surface area contributed by atoms with Gasteiger partial charge in [-0.25, -0.2) is 0 Å². The third kappa shape index (κ3) is 4.31. The van der Waals surface area contributed by atoms with Gasteiger partial charge >= 0.3 is 48.9 Å². The molecule has 0 atom stereocenters. The Labute approximate surface area is 187 Å². The van der Waals surface area contributed by atoms with Gasteiger partial charge in [-0.1, -0.05) is 0 Å². The molecule has 14 nitrogen and oxygen atoms in total. The Kier molecular flexibility index (Phi) is 6.82. The van der Waals surface area contributed by atoms with E-state index in [2.05, 4.69) is 0 Å². The summed E-state index contributed by atoms with van der Waals surface area (Å²) in [6.07, 6.45) is 0. The van der Waals surface area contributed by atoms with E-state index in [0.29, 0.717) is 24.3 Å². The Morgan fingerprint density at radius 1 is 0.556 bits per heavy atom. The second kappa shape index (κ2) is 8.27. The van der Waals surface area contributed by atoms with Gasteiger partial charge in [-0.2, -0.15) is 0 Å². The van der Waals surface area contributed by atoms with Crippen molar-refractivity contribution in [3.8, 4) is 22.6 Å². The van der Waals surface area contributed by atoms with Gasteiger partial charge in [-0.15, -0.1) is 0 Å². The van der Waals surface area contributed by atoms with E-state index in [1.165, 1.54) is 0 Å². The zero-order chi connectivity index (χ0) is 19.8. The standard InChI is InChI=1S/C12H6N4O10.Ba/c17-11-7(1-5(13(19)20)3-9(11)15(23)24)8-2-6(14(21)22)4-10(12(8)18)16(25)26;/h1-4,17-18H;/q;+2/p-2. The molecular weight excluding hydrogens is 497 g/mol. The van der Waals surface area contributed by atoms with Crippen LogP contribution in [0.2, 0.25) is 0 Å². The largest absolute Gasteiger partial charge is 2.00 e. The predicted octanol–water partition coefficient (Wildman–Crippen LogP) is 0.753. The van der Waals surface area contributed by atoms with Gasteiger partial charge in [0.05, 0.1) is 31.8 Å². The van der Waals surface area contributed by atoms with Crippen LogP contribution < -0.4 is 10.2 Å². The second-order valence-corrected chi connectivity index (χ2v) is 4.71. The van der Waals surface area contributed by atoms with Crippen LogP contribution >= 0.6 is 0 Å². The maximum atomic E-state index is 12.2. The minimum Gasteiger partial charge on any atom is -0.867 e. The van der Waals surface area contributed by atoms with Gasteiger partial charge < -0.3 is 10.2 Å². The van der Waals surface area contributed by atoms with Crippen LogP contribution in [0.25, 0.3) is 11.1 Å². The molecule has 0 saturated heterocycles. The second-order valence-electron chi connectivity index (χ2n) is 4.71. The molecule has 0 unspecified atom stereocenters. The third-order valence-corrected chi connectivity index (χ3v) is 3.21. The number of nitro groups is 4. The van der Waals surface area contributed by atoms with Crippen molar-refractivity contribution in [1.29, 1.82) is 0 Å². The zero-order valence-electron chi connectivity index (χ0n) is 12.9. The molecule has 0 radical (unpaired) electrons. The molecule has 2 aromatic carbocycles. The summed E-state index contributed by atoms with van der Waals surface area (Å²) in [5.74, 6) is -2.90. The first-order valence-electron chi connectivity index (χ1n) is 6.32. The molecule has 134 valence electrons. The van der Waals surface area contributed by atoms with E-state index in [1.54, 1.807) is 0 Å². The molecule has 15 heteroatoms. The Hall–Kier alpha value is -2.79. The molecule has 0 N–H and O–H groups in total. The fraction of sp³-hybridized carbons (Fsp3) is 0. The number of hydrogen-bond acceptors (Lipinski definition) is 10. The monoisotopic (exact) mass is 502 g/mol. The van der Waals surface area contributed by atoms with Crippen LogP contribution in [-0.2, 0) is 0 Å². The Balaban J connectivity index is 0.00000364. The average molecular weight is 502 g/mol. The molecule has 0 aliphatic rings. The molecule has 0 saturated carbocycles. The minimum absolute atomic E-state index is 0. The topological polar surface area (TPSA) is 219 Å². The first-order valence-corrected chi connectivity index (χ1v) is 6.32. The van der Waals surface area contributed by atoms with Crippen LogP contribution in [0.15, 0.2) is 24.3 Å². The Morgan fingerprint density at radius 3 is 1.07 bits per heavy atom. The van der Waals surface area contributed by atoms with E-state index in [1.807, 2.05) is 0 Å². The molecule has 0 aliphatic carbocycles. The summed E-state index contributed by atoms with van der Waals surface area (Å²) in [5, 5.41) is 67.9. The summed E-state index contributed by atoms with van der Waals surface area (Å²) in [7, 11) is 0. The Morgan fingerprint density at radius 2 is 0.852 bits per heavy atom. The SMILES string of the molecule is O=[N+]([O-])c1cc(-c2cc([N+](=O)[O-])cc([N+](=O)[O-])c2[O-])c([O-])c([N+](=O)[O-])c1.[Ba+2]. The zero-order valence-corrected chi connectivity index (χ0v) is 17.3. The van der Waals surface area contributed by atoms with E-state index in [-0.39, 0.29) is 48.9 Å². The van der Waals surface area contributed by atoms with Crippen molar-refractivity contribution in [3.63, 3.8) is 0 Å². The number of non-ortho nitro benzene ring substituents is 2. The fourth-order valence-corrected chi connectivity index (χ4v) is 2.08. The normalized spacial score (nSPS) is 9.93. The van der Waals surface area contributed by atoms with Crippen LogP contribution in [-0.4, -0.2) is 68.6 Å². The van der Waals surface area contributed by atoms with Crippen molar-refractivity contribution in [2.24, 2.45) is 0 Å². The molecular formula is C12H4BaN4O10. The molecule has 0 aromatic heterocycles. The van der Waals surface area contributed by atoms with Gasteiger partial charge in [0.1, 0.15) is 0 Å². The first-order chi connectivity index (χ1) is 12.0. The van der Waals surface area contributed by atoms with Crippen LogP contribution in [0.3, 0.4) is 0 Å². The molecule has 2 rings (SSSR count). The number of nitrogens with zero attached hydrogens (tertiary/aromatic N) is 4. The van der Waals surface area contributed by atoms with E-state index in [4.69, 9.17) is 0 Å². The summed E-state index contributed by atoms with van der Waals surface area (Å²) in [4.78, 5) is 38.9.